The molecule has 4 nitrogen and oxygen atoms in total. The Kier molecular flexibility index (Phi) is 4.94. The van der Waals surface area contributed by atoms with Gasteiger partial charge in [-0.25, -0.2) is 4.98 Å². The number of aromatic nitrogens is 3. The van der Waals surface area contributed by atoms with Gasteiger partial charge in [0.05, 0.1) is 27.8 Å². The van der Waals surface area contributed by atoms with Crippen molar-refractivity contribution < 1.29 is 4.42 Å². The third kappa shape index (κ3) is 3.29. The number of hydrogen-bond donors (Lipinski definition) is 0. The van der Waals surface area contributed by atoms with Crippen molar-refractivity contribution in [3.8, 4) is 39.5 Å². The first-order valence-corrected chi connectivity index (χ1v) is 16.6. The summed E-state index contributed by atoms with van der Waals surface area (Å²) in [4.78, 5) is 10.4. The lowest BCUT2D eigenvalue weighted by Crippen LogP contribution is -2.15. The van der Waals surface area contributed by atoms with Gasteiger partial charge in [0, 0.05) is 38.3 Å². The average Bonchev–Trinajstić information content (AvgIpc) is 3.73. The zero-order valence-electron chi connectivity index (χ0n) is 26.6. The Morgan fingerprint density at radius 3 is 2.29 bits per heavy atom. The molecule has 2 bridgehead atoms. The molecule has 0 saturated heterocycles. The molecule has 48 heavy (non-hydrogen) atoms. The van der Waals surface area contributed by atoms with Crippen LogP contribution in [-0.2, 0) is 11.8 Å². The number of fused-ring (bicyclic) bond motifs is 12. The third-order valence-corrected chi connectivity index (χ3v) is 10.8. The molecule has 0 spiro atoms. The minimum Gasteiger partial charge on any atom is -0.438 e. The molecule has 226 valence electrons. The number of benzene rings is 6. The summed E-state index contributed by atoms with van der Waals surface area (Å²) >= 11 is 0. The van der Waals surface area contributed by atoms with Crippen molar-refractivity contribution in [1.29, 1.82) is 0 Å². The van der Waals surface area contributed by atoms with Crippen LogP contribution in [0.25, 0.3) is 83.3 Å². The van der Waals surface area contributed by atoms with E-state index in [1.54, 1.807) is 0 Å². The van der Waals surface area contributed by atoms with E-state index in [9.17, 15) is 0 Å². The standard InChI is InChI=1S/C44H29N3O/c1-44(2)33-17-9-6-15-30(33)37-34(44)21-20-29-28-14-7-10-18-35(28)47(41(29)37)40-27-22-25(23-27)24-32(40)39-38-31-16-8-11-19-36(31)48-43(38)46-42(45-39)26-12-4-3-5-13-26/h3-22,24H,23H2,1-2H3. The van der Waals surface area contributed by atoms with Gasteiger partial charge in [0.15, 0.2) is 5.82 Å². The lowest BCUT2D eigenvalue weighted by molar-refractivity contribution is 0.653. The van der Waals surface area contributed by atoms with E-state index in [-0.39, 0.29) is 5.41 Å². The SMILES string of the molecule is CC1(C)c2ccccc2-c2c1ccc1c3ccccc3n(-c3c4cc(cc3-c3nc(-c5ccccc5)nc5oc6ccccc6c35)C4)c21. The predicted molar refractivity (Wildman–Crippen MR) is 195 cm³/mol. The summed E-state index contributed by atoms with van der Waals surface area (Å²) in [5, 5.41) is 4.50. The maximum absolute atomic E-state index is 6.46. The van der Waals surface area contributed by atoms with Gasteiger partial charge in [-0.1, -0.05) is 123 Å². The smallest absolute Gasteiger partial charge is 0.231 e. The highest BCUT2D eigenvalue weighted by atomic mass is 16.3. The summed E-state index contributed by atoms with van der Waals surface area (Å²) in [5.74, 6) is 0.662. The van der Waals surface area contributed by atoms with Crippen molar-refractivity contribution in [2.75, 3.05) is 0 Å². The molecule has 3 aliphatic rings. The summed E-state index contributed by atoms with van der Waals surface area (Å²) in [6.07, 6.45) is 0.940. The van der Waals surface area contributed by atoms with E-state index in [1.807, 2.05) is 30.3 Å². The number of hydrogen-bond acceptors (Lipinski definition) is 3. The molecule has 0 radical (unpaired) electrons. The molecule has 0 fully saturated rings. The molecule has 0 atom stereocenters. The minimum atomic E-state index is -0.104. The van der Waals surface area contributed by atoms with E-state index in [0.29, 0.717) is 11.5 Å². The first-order chi connectivity index (χ1) is 23.6. The van der Waals surface area contributed by atoms with Gasteiger partial charge in [0.25, 0.3) is 0 Å². The fraction of sp³-hybridized carbons (Fsp3) is 0.0909. The molecule has 3 heterocycles. The summed E-state index contributed by atoms with van der Waals surface area (Å²) in [7, 11) is 0. The Bertz CT molecular complexity index is 2840. The highest BCUT2D eigenvalue weighted by molar-refractivity contribution is 6.17. The molecule has 12 rings (SSSR count). The Morgan fingerprint density at radius 1 is 0.667 bits per heavy atom. The van der Waals surface area contributed by atoms with Crippen molar-refractivity contribution in [1.82, 2.24) is 14.5 Å². The molecule has 6 aromatic carbocycles. The zero-order chi connectivity index (χ0) is 31.7. The van der Waals surface area contributed by atoms with Crippen molar-refractivity contribution in [3.63, 3.8) is 0 Å². The van der Waals surface area contributed by atoms with E-state index in [0.717, 1.165) is 39.6 Å². The highest BCUT2D eigenvalue weighted by Gasteiger charge is 2.38. The van der Waals surface area contributed by atoms with Crippen LogP contribution >= 0.6 is 0 Å². The number of para-hydroxylation sites is 2. The van der Waals surface area contributed by atoms with Crippen LogP contribution in [0.5, 0.6) is 0 Å². The van der Waals surface area contributed by atoms with E-state index in [1.165, 1.54) is 60.9 Å². The van der Waals surface area contributed by atoms with E-state index in [4.69, 9.17) is 14.4 Å². The lowest BCUT2D eigenvalue weighted by Gasteiger charge is -2.26. The second-order valence-electron chi connectivity index (χ2n) is 13.8. The van der Waals surface area contributed by atoms with Gasteiger partial charge < -0.3 is 8.98 Å². The van der Waals surface area contributed by atoms with Gasteiger partial charge in [-0.2, -0.15) is 4.98 Å². The second-order valence-corrected chi connectivity index (χ2v) is 13.8. The average molecular weight is 616 g/mol. The van der Waals surface area contributed by atoms with Crippen LogP contribution in [0.1, 0.15) is 36.1 Å². The van der Waals surface area contributed by atoms with Crippen LogP contribution in [-0.4, -0.2) is 14.5 Å². The van der Waals surface area contributed by atoms with Crippen molar-refractivity contribution in [2.45, 2.75) is 25.7 Å². The van der Waals surface area contributed by atoms with E-state index < -0.39 is 0 Å². The van der Waals surface area contributed by atoms with E-state index in [2.05, 4.69) is 115 Å². The number of nitrogens with zero attached hydrogens (tertiary/aromatic N) is 3. The summed E-state index contributed by atoms with van der Waals surface area (Å²) in [6, 6.07) is 45.7. The number of furan rings is 1. The summed E-state index contributed by atoms with van der Waals surface area (Å²) in [5.41, 5.74) is 16.0. The lowest BCUT2D eigenvalue weighted by atomic mass is 9.82. The Hall–Kier alpha value is -6.00. The molecular formula is C44H29N3O. The molecule has 0 aliphatic heterocycles. The molecule has 9 aromatic rings. The molecule has 0 N–H and O–H groups in total. The monoisotopic (exact) mass is 615 g/mol. The molecule has 3 aliphatic carbocycles. The van der Waals surface area contributed by atoms with Gasteiger partial charge in [0.2, 0.25) is 5.71 Å². The predicted octanol–water partition coefficient (Wildman–Crippen LogP) is 11.0. The molecule has 0 unspecified atom stereocenters. The van der Waals surface area contributed by atoms with Crippen LogP contribution in [0.3, 0.4) is 0 Å². The van der Waals surface area contributed by atoms with Gasteiger partial charge in [0.1, 0.15) is 5.58 Å². The first kappa shape index (κ1) is 26.1. The van der Waals surface area contributed by atoms with Crippen molar-refractivity contribution in [2.24, 2.45) is 0 Å². The summed E-state index contributed by atoms with van der Waals surface area (Å²) < 4.78 is 9.01. The molecular weight excluding hydrogens is 587 g/mol. The summed E-state index contributed by atoms with van der Waals surface area (Å²) in [6.45, 7) is 4.72. The highest BCUT2D eigenvalue weighted by Crippen LogP contribution is 2.54. The molecule has 0 amide bonds. The van der Waals surface area contributed by atoms with Crippen LogP contribution in [0.4, 0.5) is 0 Å². The maximum Gasteiger partial charge on any atom is 0.231 e. The van der Waals surface area contributed by atoms with Crippen molar-refractivity contribution >= 4 is 43.9 Å². The van der Waals surface area contributed by atoms with Gasteiger partial charge in [-0.3, -0.25) is 0 Å². The van der Waals surface area contributed by atoms with Crippen LogP contribution < -0.4 is 0 Å². The topological polar surface area (TPSA) is 43.9 Å². The largest absolute Gasteiger partial charge is 0.438 e. The fourth-order valence-corrected chi connectivity index (χ4v) is 8.54. The minimum absolute atomic E-state index is 0.104. The maximum atomic E-state index is 6.46. The number of rotatable bonds is 3. The Balaban J connectivity index is 1.31. The third-order valence-electron chi connectivity index (χ3n) is 10.8. The van der Waals surface area contributed by atoms with Crippen LogP contribution in [0.15, 0.2) is 132 Å². The Morgan fingerprint density at radius 2 is 1.42 bits per heavy atom. The van der Waals surface area contributed by atoms with E-state index >= 15 is 0 Å². The quantitative estimate of drug-likeness (QED) is 0.199. The van der Waals surface area contributed by atoms with Crippen LogP contribution in [0.2, 0.25) is 0 Å². The van der Waals surface area contributed by atoms with Gasteiger partial charge >= 0.3 is 0 Å². The van der Waals surface area contributed by atoms with Gasteiger partial charge in [-0.15, -0.1) is 0 Å². The van der Waals surface area contributed by atoms with Crippen LogP contribution in [0, 0.1) is 0 Å². The fourth-order valence-electron chi connectivity index (χ4n) is 8.54. The Labute approximate surface area is 276 Å². The normalized spacial score (nSPS) is 14.1. The van der Waals surface area contributed by atoms with Crippen molar-refractivity contribution in [3.05, 3.63) is 150 Å². The molecule has 3 aromatic heterocycles. The second kappa shape index (κ2) is 9.08. The first-order valence-electron chi connectivity index (χ1n) is 16.6. The molecule has 4 heteroatoms. The molecule has 0 saturated carbocycles. The van der Waals surface area contributed by atoms with Gasteiger partial charge in [-0.05, 0) is 52.4 Å². The zero-order valence-corrected chi connectivity index (χ0v) is 26.6.